The second-order valence-electron chi connectivity index (χ2n) is 5.14. The van der Waals surface area contributed by atoms with Gasteiger partial charge in [0.1, 0.15) is 0 Å². The van der Waals surface area contributed by atoms with Crippen molar-refractivity contribution >= 4 is 0 Å². The Balaban J connectivity index is 1.97. The largest absolute Gasteiger partial charge is 0.395 e. The minimum Gasteiger partial charge on any atom is -0.395 e. The Hall–Kier alpha value is -0.860. The fourth-order valence-corrected chi connectivity index (χ4v) is 2.74. The van der Waals surface area contributed by atoms with Crippen molar-refractivity contribution in [2.24, 2.45) is 0 Å². The van der Waals surface area contributed by atoms with Gasteiger partial charge in [0.25, 0.3) is 0 Å². The molecule has 0 saturated heterocycles. The quantitative estimate of drug-likeness (QED) is 0.819. The van der Waals surface area contributed by atoms with E-state index in [1.54, 1.807) is 0 Å². The summed E-state index contributed by atoms with van der Waals surface area (Å²) in [5.41, 5.74) is 1.30. The SMILES string of the molecule is CC(c1ccccc1)C(CO)NC1CCCC1. The van der Waals surface area contributed by atoms with Gasteiger partial charge in [0, 0.05) is 12.1 Å². The maximum absolute atomic E-state index is 9.56. The lowest BCUT2D eigenvalue weighted by Crippen LogP contribution is -2.42. The molecule has 2 heteroatoms. The number of benzene rings is 1. The monoisotopic (exact) mass is 233 g/mol. The first-order chi connectivity index (χ1) is 8.31. The Morgan fingerprint density at radius 3 is 2.47 bits per heavy atom. The first-order valence-electron chi connectivity index (χ1n) is 6.73. The lowest BCUT2D eigenvalue weighted by Gasteiger charge is -2.27. The number of aliphatic hydroxyl groups excluding tert-OH is 1. The first kappa shape index (κ1) is 12.6. The standard InChI is InChI=1S/C15H23NO/c1-12(13-7-3-2-4-8-13)15(11-17)16-14-9-5-6-10-14/h2-4,7-8,12,14-17H,5-6,9-11H2,1H3. The number of rotatable bonds is 5. The smallest absolute Gasteiger partial charge is 0.0590 e. The number of nitrogens with one attached hydrogen (secondary N) is 1. The Morgan fingerprint density at radius 1 is 1.24 bits per heavy atom. The molecule has 17 heavy (non-hydrogen) atoms. The number of hydrogen-bond acceptors (Lipinski definition) is 2. The van der Waals surface area contributed by atoms with Gasteiger partial charge in [-0.05, 0) is 24.3 Å². The summed E-state index contributed by atoms with van der Waals surface area (Å²) < 4.78 is 0. The topological polar surface area (TPSA) is 32.3 Å². The van der Waals surface area contributed by atoms with E-state index < -0.39 is 0 Å². The van der Waals surface area contributed by atoms with E-state index >= 15 is 0 Å². The third-order valence-corrected chi connectivity index (χ3v) is 3.93. The van der Waals surface area contributed by atoms with Crippen LogP contribution in [0, 0.1) is 0 Å². The van der Waals surface area contributed by atoms with E-state index in [4.69, 9.17) is 0 Å². The lowest BCUT2D eigenvalue weighted by atomic mass is 9.93. The van der Waals surface area contributed by atoms with E-state index in [1.807, 2.05) is 6.07 Å². The van der Waals surface area contributed by atoms with E-state index in [1.165, 1.54) is 31.2 Å². The summed E-state index contributed by atoms with van der Waals surface area (Å²) in [5.74, 6) is 0.363. The van der Waals surface area contributed by atoms with Gasteiger partial charge in [-0.3, -0.25) is 0 Å². The molecule has 0 aliphatic heterocycles. The van der Waals surface area contributed by atoms with Crippen molar-refractivity contribution in [1.29, 1.82) is 0 Å². The average Bonchev–Trinajstić information content (AvgIpc) is 2.89. The van der Waals surface area contributed by atoms with E-state index in [9.17, 15) is 5.11 Å². The van der Waals surface area contributed by atoms with Crippen molar-refractivity contribution < 1.29 is 5.11 Å². The predicted molar refractivity (Wildman–Crippen MR) is 71.1 cm³/mol. The van der Waals surface area contributed by atoms with Crippen LogP contribution < -0.4 is 5.32 Å². The second-order valence-corrected chi connectivity index (χ2v) is 5.14. The highest BCUT2D eigenvalue weighted by Crippen LogP contribution is 2.23. The Kier molecular flexibility index (Phi) is 4.57. The number of hydrogen-bond donors (Lipinski definition) is 2. The molecule has 1 aromatic rings. The third kappa shape index (κ3) is 3.30. The summed E-state index contributed by atoms with van der Waals surface area (Å²) in [6, 6.07) is 11.2. The molecular weight excluding hydrogens is 210 g/mol. The van der Waals surface area contributed by atoms with Crippen molar-refractivity contribution in [2.45, 2.75) is 50.6 Å². The average molecular weight is 233 g/mol. The molecule has 2 nitrogen and oxygen atoms in total. The molecule has 0 aromatic heterocycles. The first-order valence-corrected chi connectivity index (χ1v) is 6.73. The van der Waals surface area contributed by atoms with Crippen LogP contribution in [-0.2, 0) is 0 Å². The van der Waals surface area contributed by atoms with Crippen LogP contribution in [0.15, 0.2) is 30.3 Å². The minimum atomic E-state index is 0.181. The Labute approximate surface area is 104 Å². The van der Waals surface area contributed by atoms with E-state index in [-0.39, 0.29) is 12.6 Å². The molecule has 1 saturated carbocycles. The van der Waals surface area contributed by atoms with E-state index in [0.29, 0.717) is 12.0 Å². The van der Waals surface area contributed by atoms with Crippen LogP contribution in [0.1, 0.15) is 44.1 Å². The fraction of sp³-hybridized carbons (Fsp3) is 0.600. The Morgan fingerprint density at radius 2 is 1.88 bits per heavy atom. The molecule has 0 heterocycles. The molecule has 2 atom stereocenters. The molecule has 1 aliphatic carbocycles. The van der Waals surface area contributed by atoms with Gasteiger partial charge in [-0.15, -0.1) is 0 Å². The van der Waals surface area contributed by atoms with Gasteiger partial charge in [0.15, 0.2) is 0 Å². The van der Waals surface area contributed by atoms with Gasteiger partial charge in [-0.25, -0.2) is 0 Å². The fourth-order valence-electron chi connectivity index (χ4n) is 2.74. The Bertz CT molecular complexity index is 319. The molecule has 0 bridgehead atoms. The van der Waals surface area contributed by atoms with Gasteiger partial charge >= 0.3 is 0 Å². The molecule has 0 spiro atoms. The highest BCUT2D eigenvalue weighted by molar-refractivity contribution is 5.20. The van der Waals surface area contributed by atoms with Crippen molar-refractivity contribution in [3.05, 3.63) is 35.9 Å². The van der Waals surface area contributed by atoms with Gasteiger partial charge in [0.2, 0.25) is 0 Å². The molecule has 1 aromatic carbocycles. The van der Waals surface area contributed by atoms with Crippen LogP contribution in [0.2, 0.25) is 0 Å². The normalized spacial score (nSPS) is 20.4. The summed E-state index contributed by atoms with van der Waals surface area (Å²) >= 11 is 0. The van der Waals surface area contributed by atoms with Crippen molar-refractivity contribution in [2.75, 3.05) is 6.61 Å². The summed E-state index contributed by atoms with van der Waals surface area (Å²) in [6.45, 7) is 2.41. The maximum Gasteiger partial charge on any atom is 0.0590 e. The molecule has 2 unspecified atom stereocenters. The summed E-state index contributed by atoms with van der Waals surface area (Å²) in [7, 11) is 0. The zero-order valence-corrected chi connectivity index (χ0v) is 10.6. The number of aliphatic hydroxyl groups is 1. The molecule has 2 N–H and O–H groups in total. The van der Waals surface area contributed by atoms with Crippen LogP contribution >= 0.6 is 0 Å². The zero-order chi connectivity index (χ0) is 12.1. The van der Waals surface area contributed by atoms with Gasteiger partial charge in [-0.1, -0.05) is 50.1 Å². The molecule has 2 rings (SSSR count). The van der Waals surface area contributed by atoms with Crippen LogP contribution in [0.5, 0.6) is 0 Å². The third-order valence-electron chi connectivity index (χ3n) is 3.93. The highest BCUT2D eigenvalue weighted by Gasteiger charge is 2.23. The second kappa shape index (κ2) is 6.18. The van der Waals surface area contributed by atoms with Crippen LogP contribution in [0.4, 0.5) is 0 Å². The summed E-state index contributed by atoms with van der Waals surface area (Å²) in [6.07, 6.45) is 5.18. The highest BCUT2D eigenvalue weighted by atomic mass is 16.3. The van der Waals surface area contributed by atoms with Crippen molar-refractivity contribution in [1.82, 2.24) is 5.32 Å². The van der Waals surface area contributed by atoms with Crippen molar-refractivity contribution in [3.8, 4) is 0 Å². The molecular formula is C15H23NO. The molecule has 94 valence electrons. The maximum atomic E-state index is 9.56. The van der Waals surface area contributed by atoms with E-state index in [2.05, 4.69) is 36.5 Å². The molecule has 1 aliphatic rings. The van der Waals surface area contributed by atoms with E-state index in [0.717, 1.165) is 0 Å². The van der Waals surface area contributed by atoms with Gasteiger partial charge < -0.3 is 10.4 Å². The van der Waals surface area contributed by atoms with Gasteiger partial charge in [0.05, 0.1) is 6.61 Å². The summed E-state index contributed by atoms with van der Waals surface area (Å²) in [4.78, 5) is 0. The molecule has 1 fully saturated rings. The minimum absolute atomic E-state index is 0.181. The van der Waals surface area contributed by atoms with Crippen LogP contribution in [0.25, 0.3) is 0 Å². The van der Waals surface area contributed by atoms with Crippen LogP contribution in [-0.4, -0.2) is 23.8 Å². The zero-order valence-electron chi connectivity index (χ0n) is 10.6. The molecule has 0 amide bonds. The summed E-state index contributed by atoms with van der Waals surface area (Å²) in [5, 5.41) is 13.2. The van der Waals surface area contributed by atoms with Crippen molar-refractivity contribution in [3.63, 3.8) is 0 Å². The molecule has 0 radical (unpaired) electrons. The lowest BCUT2D eigenvalue weighted by molar-refractivity contribution is 0.215. The van der Waals surface area contributed by atoms with Gasteiger partial charge in [-0.2, -0.15) is 0 Å². The van der Waals surface area contributed by atoms with Crippen LogP contribution in [0.3, 0.4) is 0 Å². The predicted octanol–water partition coefficient (Wildman–Crippen LogP) is 2.68.